The molecule has 142 valence electrons. The molecule has 0 bridgehead atoms. The summed E-state index contributed by atoms with van der Waals surface area (Å²) >= 11 is 12.3. The minimum absolute atomic E-state index is 0.169. The maximum Gasteiger partial charge on any atom is 0.342 e. The number of carbonyl (C=O) groups is 1. The first kappa shape index (κ1) is 19.5. The fourth-order valence-electron chi connectivity index (χ4n) is 2.66. The lowest BCUT2D eigenvalue weighted by Gasteiger charge is -2.09. The minimum atomic E-state index is -0.463. The van der Waals surface area contributed by atoms with Crippen LogP contribution in [-0.4, -0.2) is 26.3 Å². The van der Waals surface area contributed by atoms with E-state index in [0.717, 1.165) is 0 Å². The number of ether oxygens (including phenoxy) is 3. The molecule has 27 heavy (non-hydrogen) atoms. The number of furan rings is 1. The molecule has 0 spiro atoms. The van der Waals surface area contributed by atoms with Crippen LogP contribution in [-0.2, 0) is 16.1 Å². The zero-order valence-corrected chi connectivity index (χ0v) is 16.4. The minimum Gasteiger partial charge on any atom is -0.489 e. The molecule has 7 heteroatoms. The number of rotatable bonds is 7. The molecule has 5 nitrogen and oxygen atoms in total. The van der Waals surface area contributed by atoms with Gasteiger partial charge in [0.2, 0.25) is 0 Å². The van der Waals surface area contributed by atoms with Gasteiger partial charge in [-0.3, -0.25) is 0 Å². The third-order valence-electron chi connectivity index (χ3n) is 4.01. The molecule has 0 aliphatic carbocycles. The molecule has 2 aromatic carbocycles. The molecule has 3 aromatic rings. The smallest absolute Gasteiger partial charge is 0.342 e. The Morgan fingerprint density at radius 1 is 1.11 bits per heavy atom. The molecule has 3 rings (SSSR count). The molecule has 0 N–H and O–H groups in total. The molecule has 0 unspecified atom stereocenters. The summed E-state index contributed by atoms with van der Waals surface area (Å²) in [4.78, 5) is 12.4. The fraction of sp³-hybridized carbons (Fsp3) is 0.250. The van der Waals surface area contributed by atoms with E-state index in [0.29, 0.717) is 50.3 Å². The average molecular weight is 409 g/mol. The molecule has 1 heterocycles. The van der Waals surface area contributed by atoms with Crippen molar-refractivity contribution in [1.82, 2.24) is 0 Å². The zero-order valence-electron chi connectivity index (χ0n) is 14.9. The topological polar surface area (TPSA) is 57.9 Å². The van der Waals surface area contributed by atoms with E-state index in [1.807, 2.05) is 0 Å². The first-order valence-electron chi connectivity index (χ1n) is 8.26. The van der Waals surface area contributed by atoms with Crippen molar-refractivity contribution in [1.29, 1.82) is 0 Å². The van der Waals surface area contributed by atoms with Crippen molar-refractivity contribution < 1.29 is 23.4 Å². The van der Waals surface area contributed by atoms with E-state index in [9.17, 15) is 4.79 Å². The van der Waals surface area contributed by atoms with E-state index >= 15 is 0 Å². The maximum absolute atomic E-state index is 12.4. The van der Waals surface area contributed by atoms with E-state index in [2.05, 4.69) is 0 Å². The third-order valence-corrected chi connectivity index (χ3v) is 4.71. The van der Waals surface area contributed by atoms with Crippen molar-refractivity contribution in [3.63, 3.8) is 0 Å². The highest BCUT2D eigenvalue weighted by atomic mass is 35.5. The summed E-state index contributed by atoms with van der Waals surface area (Å²) < 4.78 is 21.6. The Bertz CT molecular complexity index is 944. The molecule has 0 fully saturated rings. The van der Waals surface area contributed by atoms with Gasteiger partial charge in [0.1, 0.15) is 35.9 Å². The van der Waals surface area contributed by atoms with Gasteiger partial charge >= 0.3 is 5.97 Å². The Hall–Kier alpha value is -2.21. The second kappa shape index (κ2) is 8.65. The van der Waals surface area contributed by atoms with Crippen molar-refractivity contribution in [2.75, 3.05) is 20.3 Å². The number of aryl methyl sites for hydroxylation is 1. The van der Waals surface area contributed by atoms with Crippen LogP contribution in [0.15, 0.2) is 40.8 Å². The van der Waals surface area contributed by atoms with Crippen LogP contribution in [0, 0.1) is 6.92 Å². The summed E-state index contributed by atoms with van der Waals surface area (Å²) in [7, 11) is 1.54. The second-order valence-electron chi connectivity index (χ2n) is 5.81. The Morgan fingerprint density at radius 3 is 2.56 bits per heavy atom. The summed E-state index contributed by atoms with van der Waals surface area (Å²) in [6.07, 6.45) is 0. The van der Waals surface area contributed by atoms with Gasteiger partial charge in [-0.05, 0) is 37.3 Å². The van der Waals surface area contributed by atoms with Gasteiger partial charge in [0.25, 0.3) is 0 Å². The number of benzene rings is 2. The lowest BCUT2D eigenvalue weighted by Crippen LogP contribution is -2.10. The van der Waals surface area contributed by atoms with Gasteiger partial charge in [-0.25, -0.2) is 4.79 Å². The van der Waals surface area contributed by atoms with Crippen LogP contribution in [0.3, 0.4) is 0 Å². The molecule has 1 aromatic heterocycles. The lowest BCUT2D eigenvalue weighted by molar-refractivity contribution is 0.0388. The van der Waals surface area contributed by atoms with Gasteiger partial charge in [-0.1, -0.05) is 29.3 Å². The normalized spacial score (nSPS) is 11.0. The van der Waals surface area contributed by atoms with Gasteiger partial charge < -0.3 is 18.6 Å². The van der Waals surface area contributed by atoms with Crippen LogP contribution in [0.2, 0.25) is 10.0 Å². The van der Waals surface area contributed by atoms with Crippen molar-refractivity contribution in [2.24, 2.45) is 0 Å². The molecule has 0 atom stereocenters. The first-order chi connectivity index (χ1) is 13.0. The van der Waals surface area contributed by atoms with E-state index in [1.165, 1.54) is 0 Å². The van der Waals surface area contributed by atoms with Crippen LogP contribution >= 0.6 is 23.2 Å². The lowest BCUT2D eigenvalue weighted by atomic mass is 10.1. The first-order valence-corrected chi connectivity index (χ1v) is 9.01. The summed E-state index contributed by atoms with van der Waals surface area (Å²) in [5.74, 6) is 0.582. The largest absolute Gasteiger partial charge is 0.489 e. The van der Waals surface area contributed by atoms with Gasteiger partial charge in [-0.2, -0.15) is 0 Å². The molecule has 0 saturated heterocycles. The van der Waals surface area contributed by atoms with E-state index in [4.69, 9.17) is 41.8 Å². The molecular formula is C20H18Cl2O5. The molecule has 0 aliphatic rings. The molecule has 0 radical (unpaired) electrons. The van der Waals surface area contributed by atoms with Crippen LogP contribution in [0.25, 0.3) is 11.0 Å². The summed E-state index contributed by atoms with van der Waals surface area (Å²) in [6, 6.07) is 10.5. The van der Waals surface area contributed by atoms with Crippen LogP contribution in [0.1, 0.15) is 21.7 Å². The predicted octanol–water partition coefficient (Wildman–Crippen LogP) is 5.43. The predicted molar refractivity (Wildman–Crippen MR) is 104 cm³/mol. The van der Waals surface area contributed by atoms with E-state index in [1.54, 1.807) is 50.4 Å². The fourth-order valence-corrected chi connectivity index (χ4v) is 3.16. The number of halogens is 2. The summed E-state index contributed by atoms with van der Waals surface area (Å²) in [5.41, 5.74) is 1.65. The number of fused-ring (bicyclic) bond motifs is 1. The number of hydrogen-bond donors (Lipinski definition) is 0. The number of esters is 1. The standard InChI is InChI=1S/C20H18Cl2O5/c1-12-19(20(23)25-9-8-24-2)14-10-13(6-7-18(14)27-12)26-11-15-16(21)4-3-5-17(15)22/h3-7,10H,8-9,11H2,1-2H3. The zero-order chi connectivity index (χ0) is 19.4. The molecule has 0 amide bonds. The Labute approximate surface area is 166 Å². The second-order valence-corrected chi connectivity index (χ2v) is 6.62. The molecular weight excluding hydrogens is 391 g/mol. The number of hydrogen-bond acceptors (Lipinski definition) is 5. The average Bonchev–Trinajstić information content (AvgIpc) is 2.96. The van der Waals surface area contributed by atoms with Gasteiger partial charge in [0.15, 0.2) is 0 Å². The Kier molecular flexibility index (Phi) is 6.26. The highest BCUT2D eigenvalue weighted by Gasteiger charge is 2.20. The van der Waals surface area contributed by atoms with Crippen LogP contribution < -0.4 is 4.74 Å². The van der Waals surface area contributed by atoms with E-state index < -0.39 is 5.97 Å². The highest BCUT2D eigenvalue weighted by molar-refractivity contribution is 6.35. The Balaban J connectivity index is 1.84. The number of methoxy groups -OCH3 is 1. The van der Waals surface area contributed by atoms with Gasteiger partial charge in [0.05, 0.1) is 6.61 Å². The van der Waals surface area contributed by atoms with Crippen LogP contribution in [0.5, 0.6) is 5.75 Å². The van der Waals surface area contributed by atoms with Gasteiger partial charge in [0, 0.05) is 28.1 Å². The number of carbonyl (C=O) groups excluding carboxylic acids is 1. The SMILES string of the molecule is COCCOC(=O)c1c(C)oc2ccc(OCc3c(Cl)cccc3Cl)cc12. The van der Waals surface area contributed by atoms with Crippen molar-refractivity contribution >= 4 is 40.1 Å². The van der Waals surface area contributed by atoms with Gasteiger partial charge in [-0.15, -0.1) is 0 Å². The van der Waals surface area contributed by atoms with Crippen molar-refractivity contribution in [2.45, 2.75) is 13.5 Å². The monoisotopic (exact) mass is 408 g/mol. The molecule has 0 saturated carbocycles. The quantitative estimate of drug-likeness (QED) is 0.385. The van der Waals surface area contributed by atoms with Crippen molar-refractivity contribution in [3.05, 3.63) is 63.3 Å². The molecule has 0 aliphatic heterocycles. The summed E-state index contributed by atoms with van der Waals surface area (Å²) in [6.45, 7) is 2.42. The van der Waals surface area contributed by atoms with E-state index in [-0.39, 0.29) is 13.2 Å². The third kappa shape index (κ3) is 4.38. The van der Waals surface area contributed by atoms with Crippen molar-refractivity contribution in [3.8, 4) is 5.75 Å². The highest BCUT2D eigenvalue weighted by Crippen LogP contribution is 2.31. The van der Waals surface area contributed by atoms with Crippen LogP contribution in [0.4, 0.5) is 0 Å². The summed E-state index contributed by atoms with van der Waals surface area (Å²) in [5, 5.41) is 1.69. The Morgan fingerprint density at radius 2 is 1.85 bits per heavy atom. The maximum atomic E-state index is 12.4.